The zero-order valence-electron chi connectivity index (χ0n) is 19.5. The summed E-state index contributed by atoms with van der Waals surface area (Å²) < 4.78 is 38.2. The lowest BCUT2D eigenvalue weighted by Gasteiger charge is -2.36. The highest BCUT2D eigenvalue weighted by molar-refractivity contribution is 7.89. The number of amides is 1. The molecule has 9 heteroatoms. The normalized spacial score (nSPS) is 16.2. The van der Waals surface area contributed by atoms with Crippen LogP contribution in [0.2, 0.25) is 0 Å². The maximum atomic E-state index is 13.1. The molecule has 1 amide bonds. The Morgan fingerprint density at radius 2 is 1.56 bits per heavy atom. The van der Waals surface area contributed by atoms with E-state index in [9.17, 15) is 13.2 Å². The lowest BCUT2D eigenvalue weighted by atomic mass is 10.1. The first kappa shape index (κ1) is 24.0. The van der Waals surface area contributed by atoms with Gasteiger partial charge in [0.1, 0.15) is 0 Å². The Morgan fingerprint density at radius 1 is 0.882 bits per heavy atom. The zero-order valence-corrected chi connectivity index (χ0v) is 20.3. The summed E-state index contributed by atoms with van der Waals surface area (Å²) in [5.74, 6) is 0.713. The molecular formula is C25H29N3O5S. The number of fused-ring (bicyclic) bond motifs is 1. The first-order valence-corrected chi connectivity index (χ1v) is 12.5. The molecule has 1 fully saturated rings. The summed E-state index contributed by atoms with van der Waals surface area (Å²) >= 11 is 0. The van der Waals surface area contributed by atoms with Gasteiger partial charge in [0, 0.05) is 37.9 Å². The monoisotopic (exact) mass is 483 g/mol. The largest absolute Gasteiger partial charge is 0.493 e. The predicted octanol–water partition coefficient (Wildman–Crippen LogP) is 3.19. The lowest BCUT2D eigenvalue weighted by Crippen LogP contribution is -2.53. The van der Waals surface area contributed by atoms with Gasteiger partial charge in [0.25, 0.3) is 0 Å². The fraction of sp³-hybridized carbons (Fsp3) is 0.320. The Labute approximate surface area is 200 Å². The summed E-state index contributed by atoms with van der Waals surface area (Å²) in [5, 5.41) is 5.15. The number of piperazine rings is 1. The van der Waals surface area contributed by atoms with Crippen LogP contribution in [0.3, 0.4) is 0 Å². The molecular weight excluding hydrogens is 454 g/mol. The molecule has 0 spiro atoms. The minimum atomic E-state index is -3.69. The van der Waals surface area contributed by atoms with Gasteiger partial charge >= 0.3 is 0 Å². The lowest BCUT2D eigenvalue weighted by molar-refractivity contribution is -0.121. The highest BCUT2D eigenvalue weighted by Crippen LogP contribution is 2.31. The Balaban J connectivity index is 1.39. The second-order valence-corrected chi connectivity index (χ2v) is 10.1. The van der Waals surface area contributed by atoms with Crippen molar-refractivity contribution in [3.8, 4) is 11.5 Å². The first-order chi connectivity index (χ1) is 16.3. The van der Waals surface area contributed by atoms with Crippen LogP contribution in [0, 0.1) is 0 Å². The summed E-state index contributed by atoms with van der Waals surface area (Å²) in [6, 6.07) is 18.0. The molecule has 180 valence electrons. The van der Waals surface area contributed by atoms with Crippen LogP contribution in [-0.2, 0) is 14.8 Å². The fourth-order valence-corrected chi connectivity index (χ4v) is 5.58. The highest BCUT2D eigenvalue weighted by Gasteiger charge is 2.32. The van der Waals surface area contributed by atoms with Gasteiger partial charge < -0.3 is 14.8 Å². The van der Waals surface area contributed by atoms with Gasteiger partial charge in [-0.15, -0.1) is 0 Å². The molecule has 1 heterocycles. The average Bonchev–Trinajstić information content (AvgIpc) is 2.87. The maximum absolute atomic E-state index is 13.1. The number of carbonyl (C=O) groups is 1. The van der Waals surface area contributed by atoms with Gasteiger partial charge in [0.15, 0.2) is 11.5 Å². The number of anilines is 1. The van der Waals surface area contributed by atoms with Crippen LogP contribution in [0.4, 0.5) is 5.69 Å². The Bertz CT molecular complexity index is 1290. The van der Waals surface area contributed by atoms with Crippen molar-refractivity contribution in [2.75, 3.05) is 45.7 Å². The molecule has 3 aromatic carbocycles. The van der Waals surface area contributed by atoms with E-state index >= 15 is 0 Å². The van der Waals surface area contributed by atoms with Crippen LogP contribution in [0.25, 0.3) is 10.8 Å². The molecule has 0 radical (unpaired) electrons. The first-order valence-electron chi connectivity index (χ1n) is 11.1. The Kier molecular flexibility index (Phi) is 7.06. The van der Waals surface area contributed by atoms with Crippen molar-refractivity contribution in [2.45, 2.75) is 17.9 Å². The SMILES string of the molecule is COc1ccc(S(=O)(=O)N2CCN(C(C)C(=O)Nc3ccc4ccccc4c3)CC2)cc1OC. The summed E-state index contributed by atoms with van der Waals surface area (Å²) in [4.78, 5) is 15.0. The van der Waals surface area contributed by atoms with Crippen molar-refractivity contribution < 1.29 is 22.7 Å². The molecule has 34 heavy (non-hydrogen) atoms. The minimum Gasteiger partial charge on any atom is -0.493 e. The second kappa shape index (κ2) is 10.0. The zero-order chi connectivity index (χ0) is 24.3. The van der Waals surface area contributed by atoms with E-state index in [1.54, 1.807) is 6.07 Å². The number of carbonyl (C=O) groups excluding carboxylic acids is 1. The fourth-order valence-electron chi connectivity index (χ4n) is 4.14. The number of sulfonamides is 1. The van der Waals surface area contributed by atoms with E-state index in [4.69, 9.17) is 9.47 Å². The third-order valence-electron chi connectivity index (χ3n) is 6.21. The van der Waals surface area contributed by atoms with Crippen LogP contribution >= 0.6 is 0 Å². The number of hydrogen-bond acceptors (Lipinski definition) is 6. The molecule has 0 bridgehead atoms. The van der Waals surface area contributed by atoms with Gasteiger partial charge in [-0.3, -0.25) is 9.69 Å². The van der Waals surface area contributed by atoms with E-state index < -0.39 is 16.1 Å². The number of nitrogens with zero attached hydrogens (tertiary/aromatic N) is 2. The van der Waals surface area contributed by atoms with Crippen LogP contribution < -0.4 is 14.8 Å². The molecule has 4 rings (SSSR count). The number of nitrogens with one attached hydrogen (secondary N) is 1. The van der Waals surface area contributed by atoms with Gasteiger partial charge in [0.2, 0.25) is 15.9 Å². The predicted molar refractivity (Wildman–Crippen MR) is 132 cm³/mol. The van der Waals surface area contributed by atoms with Crippen LogP contribution in [-0.4, -0.2) is 70.0 Å². The molecule has 0 saturated carbocycles. The Hall–Kier alpha value is -3.14. The third-order valence-corrected chi connectivity index (χ3v) is 8.10. The number of rotatable bonds is 7. The van der Waals surface area contributed by atoms with Crippen molar-refractivity contribution in [3.63, 3.8) is 0 Å². The molecule has 1 aliphatic rings. The summed E-state index contributed by atoms with van der Waals surface area (Å²) in [7, 11) is -0.716. The van der Waals surface area contributed by atoms with Crippen molar-refractivity contribution in [3.05, 3.63) is 60.7 Å². The topological polar surface area (TPSA) is 88.2 Å². The van der Waals surface area contributed by atoms with E-state index in [1.807, 2.05) is 54.3 Å². The molecule has 3 aromatic rings. The molecule has 0 aliphatic carbocycles. The number of hydrogen-bond donors (Lipinski definition) is 1. The molecule has 0 aromatic heterocycles. The van der Waals surface area contributed by atoms with Crippen molar-refractivity contribution in [1.82, 2.24) is 9.21 Å². The Morgan fingerprint density at radius 3 is 2.24 bits per heavy atom. The molecule has 1 atom stereocenters. The van der Waals surface area contributed by atoms with Crippen LogP contribution in [0.15, 0.2) is 65.6 Å². The summed E-state index contributed by atoms with van der Waals surface area (Å²) in [5.41, 5.74) is 0.741. The number of methoxy groups -OCH3 is 2. The van der Waals surface area contributed by atoms with Gasteiger partial charge in [-0.25, -0.2) is 8.42 Å². The van der Waals surface area contributed by atoms with Crippen LogP contribution in [0.1, 0.15) is 6.92 Å². The van der Waals surface area contributed by atoms with Gasteiger partial charge in [-0.05, 0) is 42.0 Å². The highest BCUT2D eigenvalue weighted by atomic mass is 32.2. The standard InChI is InChI=1S/C25H29N3O5S/c1-18(25(29)26-21-9-8-19-6-4-5-7-20(19)16-21)27-12-14-28(15-13-27)34(30,31)22-10-11-23(32-2)24(17-22)33-3/h4-11,16-18H,12-15H2,1-3H3,(H,26,29). The molecule has 8 nitrogen and oxygen atoms in total. The van der Waals surface area contributed by atoms with E-state index in [-0.39, 0.29) is 10.8 Å². The summed E-state index contributed by atoms with van der Waals surface area (Å²) in [6.07, 6.45) is 0. The molecule has 1 unspecified atom stereocenters. The van der Waals surface area contributed by atoms with E-state index in [1.165, 1.54) is 30.7 Å². The molecule has 1 aliphatic heterocycles. The average molecular weight is 484 g/mol. The van der Waals surface area contributed by atoms with Crippen molar-refractivity contribution in [2.24, 2.45) is 0 Å². The van der Waals surface area contributed by atoms with Gasteiger partial charge in [-0.1, -0.05) is 30.3 Å². The van der Waals surface area contributed by atoms with E-state index in [0.29, 0.717) is 37.7 Å². The quantitative estimate of drug-likeness (QED) is 0.555. The molecule has 1 N–H and O–H groups in total. The number of ether oxygens (including phenoxy) is 2. The third kappa shape index (κ3) is 4.86. The van der Waals surface area contributed by atoms with Gasteiger partial charge in [0.05, 0.1) is 25.2 Å². The van der Waals surface area contributed by atoms with E-state index in [2.05, 4.69) is 5.32 Å². The molecule has 1 saturated heterocycles. The number of benzene rings is 3. The van der Waals surface area contributed by atoms with Crippen LogP contribution in [0.5, 0.6) is 11.5 Å². The maximum Gasteiger partial charge on any atom is 0.243 e. The summed E-state index contributed by atoms with van der Waals surface area (Å²) in [6.45, 7) is 3.35. The van der Waals surface area contributed by atoms with E-state index in [0.717, 1.165) is 16.5 Å². The van der Waals surface area contributed by atoms with Crippen molar-refractivity contribution in [1.29, 1.82) is 0 Å². The van der Waals surface area contributed by atoms with Crippen molar-refractivity contribution >= 4 is 32.4 Å². The second-order valence-electron chi connectivity index (χ2n) is 8.18. The minimum absolute atomic E-state index is 0.119. The smallest absolute Gasteiger partial charge is 0.243 e. The van der Waals surface area contributed by atoms with Gasteiger partial charge in [-0.2, -0.15) is 4.31 Å².